The Morgan fingerprint density at radius 1 is 1.26 bits per heavy atom. The molecule has 0 radical (unpaired) electrons. The van der Waals surface area contributed by atoms with E-state index in [-0.39, 0.29) is 0 Å². The molecule has 1 aliphatic rings. The standard InChI is InChI=1S/C16H18ClN5S/c1-20(2)12-6-4-5-10(9-12)13-14(17)18-15-22(13)19-16(23-15)21(3)11-7-8-11/h4-6,9,11H,7-8H2,1-3H3. The lowest BCUT2D eigenvalue weighted by Crippen LogP contribution is -2.19. The van der Waals surface area contributed by atoms with Gasteiger partial charge in [-0.1, -0.05) is 35.1 Å². The van der Waals surface area contributed by atoms with Gasteiger partial charge in [0.25, 0.3) is 0 Å². The van der Waals surface area contributed by atoms with Crippen molar-refractivity contribution in [1.82, 2.24) is 14.6 Å². The fourth-order valence-corrected chi connectivity index (χ4v) is 3.90. The first-order valence-electron chi connectivity index (χ1n) is 7.60. The van der Waals surface area contributed by atoms with Crippen molar-refractivity contribution < 1.29 is 0 Å². The van der Waals surface area contributed by atoms with Crippen LogP contribution in [0.25, 0.3) is 16.2 Å². The lowest BCUT2D eigenvalue weighted by atomic mass is 10.1. The normalized spacial score (nSPS) is 14.4. The number of nitrogens with zero attached hydrogens (tertiary/aromatic N) is 5. The molecule has 1 fully saturated rings. The molecule has 2 heterocycles. The third kappa shape index (κ3) is 2.56. The van der Waals surface area contributed by atoms with Gasteiger partial charge in [0.05, 0.1) is 0 Å². The summed E-state index contributed by atoms with van der Waals surface area (Å²) in [7, 11) is 6.15. The second-order valence-corrected chi connectivity index (χ2v) is 7.41. The molecule has 1 saturated carbocycles. The predicted octanol–water partition coefficient (Wildman–Crippen LogP) is 3.78. The van der Waals surface area contributed by atoms with Gasteiger partial charge < -0.3 is 9.80 Å². The van der Waals surface area contributed by atoms with E-state index in [2.05, 4.69) is 34.0 Å². The maximum absolute atomic E-state index is 6.39. The van der Waals surface area contributed by atoms with E-state index >= 15 is 0 Å². The Bertz CT molecular complexity index is 865. The molecule has 23 heavy (non-hydrogen) atoms. The number of hydrogen-bond donors (Lipinski definition) is 0. The highest BCUT2D eigenvalue weighted by atomic mass is 35.5. The van der Waals surface area contributed by atoms with Crippen LogP contribution >= 0.6 is 22.9 Å². The number of fused-ring (bicyclic) bond motifs is 1. The number of rotatable bonds is 4. The zero-order chi connectivity index (χ0) is 16.1. The highest BCUT2D eigenvalue weighted by molar-refractivity contribution is 7.20. The van der Waals surface area contributed by atoms with Gasteiger partial charge in [-0.05, 0) is 25.0 Å². The van der Waals surface area contributed by atoms with Crippen molar-refractivity contribution in [1.29, 1.82) is 0 Å². The molecule has 0 N–H and O–H groups in total. The van der Waals surface area contributed by atoms with E-state index < -0.39 is 0 Å². The number of anilines is 2. The maximum atomic E-state index is 6.39. The molecule has 2 aromatic heterocycles. The van der Waals surface area contributed by atoms with Crippen molar-refractivity contribution in [2.24, 2.45) is 0 Å². The van der Waals surface area contributed by atoms with Crippen LogP contribution < -0.4 is 9.80 Å². The third-order valence-electron chi connectivity index (χ3n) is 4.18. The smallest absolute Gasteiger partial charge is 0.215 e. The van der Waals surface area contributed by atoms with E-state index in [0.29, 0.717) is 11.2 Å². The molecule has 5 nitrogen and oxygen atoms in total. The number of benzene rings is 1. The Hall–Kier alpha value is -1.79. The van der Waals surface area contributed by atoms with Crippen molar-refractivity contribution >= 4 is 38.7 Å². The topological polar surface area (TPSA) is 36.7 Å². The second-order valence-electron chi connectivity index (χ2n) is 6.12. The average molecular weight is 348 g/mol. The fraction of sp³-hybridized carbons (Fsp3) is 0.375. The highest BCUT2D eigenvalue weighted by Crippen LogP contribution is 2.37. The van der Waals surface area contributed by atoms with E-state index in [4.69, 9.17) is 16.7 Å². The zero-order valence-corrected chi connectivity index (χ0v) is 14.9. The molecule has 0 unspecified atom stereocenters. The largest absolute Gasteiger partial charge is 0.378 e. The van der Waals surface area contributed by atoms with Gasteiger partial charge >= 0.3 is 0 Å². The Balaban J connectivity index is 1.82. The third-order valence-corrected chi connectivity index (χ3v) is 5.45. The van der Waals surface area contributed by atoms with Crippen LogP contribution in [0.15, 0.2) is 24.3 Å². The highest BCUT2D eigenvalue weighted by Gasteiger charge is 2.29. The van der Waals surface area contributed by atoms with Crippen LogP contribution in [0.4, 0.5) is 10.8 Å². The van der Waals surface area contributed by atoms with E-state index in [1.54, 1.807) is 11.3 Å². The first-order chi connectivity index (χ1) is 11.0. The molecule has 0 atom stereocenters. The number of imidazole rings is 1. The van der Waals surface area contributed by atoms with Crippen molar-refractivity contribution in [3.8, 4) is 11.3 Å². The lowest BCUT2D eigenvalue weighted by Gasteiger charge is -2.14. The molecule has 120 valence electrons. The molecule has 4 rings (SSSR count). The van der Waals surface area contributed by atoms with Crippen LogP contribution in [0.1, 0.15) is 12.8 Å². The van der Waals surface area contributed by atoms with Crippen molar-refractivity contribution in [3.63, 3.8) is 0 Å². The van der Waals surface area contributed by atoms with Gasteiger partial charge in [-0.3, -0.25) is 0 Å². The Morgan fingerprint density at radius 3 is 2.74 bits per heavy atom. The lowest BCUT2D eigenvalue weighted by molar-refractivity contribution is 0.868. The van der Waals surface area contributed by atoms with Crippen LogP contribution in [-0.2, 0) is 0 Å². The van der Waals surface area contributed by atoms with Crippen molar-refractivity contribution in [3.05, 3.63) is 29.4 Å². The van der Waals surface area contributed by atoms with Gasteiger partial charge in [0.2, 0.25) is 10.1 Å². The Kier molecular flexibility index (Phi) is 3.46. The molecule has 0 saturated heterocycles. The summed E-state index contributed by atoms with van der Waals surface area (Å²) in [6, 6.07) is 8.89. The Labute approximate surface area is 144 Å². The average Bonchev–Trinajstić information content (AvgIpc) is 3.23. The molecule has 3 aromatic rings. The molecule has 0 amide bonds. The molecular formula is C16H18ClN5S. The quantitative estimate of drug-likeness (QED) is 0.719. The van der Waals surface area contributed by atoms with Crippen LogP contribution in [-0.4, -0.2) is 41.8 Å². The minimum absolute atomic E-state index is 0.500. The van der Waals surface area contributed by atoms with Gasteiger partial charge in [0.1, 0.15) is 5.69 Å². The molecule has 0 spiro atoms. The van der Waals surface area contributed by atoms with Gasteiger partial charge in [0, 0.05) is 38.4 Å². The summed E-state index contributed by atoms with van der Waals surface area (Å²) in [5.41, 5.74) is 3.01. The van der Waals surface area contributed by atoms with E-state index in [0.717, 1.165) is 27.0 Å². The first kappa shape index (κ1) is 14.8. The summed E-state index contributed by atoms with van der Waals surface area (Å²) in [6.45, 7) is 0. The second kappa shape index (κ2) is 5.39. The fourth-order valence-electron chi connectivity index (χ4n) is 2.65. The minimum Gasteiger partial charge on any atom is -0.378 e. The van der Waals surface area contributed by atoms with Gasteiger partial charge in [0.15, 0.2) is 5.15 Å². The van der Waals surface area contributed by atoms with Crippen LogP contribution in [0.5, 0.6) is 0 Å². The monoisotopic (exact) mass is 347 g/mol. The summed E-state index contributed by atoms with van der Waals surface area (Å²) < 4.78 is 1.87. The summed E-state index contributed by atoms with van der Waals surface area (Å²) >= 11 is 7.98. The summed E-state index contributed by atoms with van der Waals surface area (Å²) in [6.07, 6.45) is 2.49. The van der Waals surface area contributed by atoms with Crippen LogP contribution in [0.3, 0.4) is 0 Å². The molecule has 1 aliphatic carbocycles. The summed E-state index contributed by atoms with van der Waals surface area (Å²) in [4.78, 5) is 9.64. The van der Waals surface area contributed by atoms with E-state index in [1.807, 2.05) is 30.7 Å². The van der Waals surface area contributed by atoms with Gasteiger partial charge in [-0.2, -0.15) is 4.52 Å². The summed E-state index contributed by atoms with van der Waals surface area (Å²) in [5, 5.41) is 6.24. The molecule has 7 heteroatoms. The summed E-state index contributed by atoms with van der Waals surface area (Å²) in [5.74, 6) is 0. The first-order valence-corrected chi connectivity index (χ1v) is 8.79. The minimum atomic E-state index is 0.500. The molecular weight excluding hydrogens is 330 g/mol. The SMILES string of the molecule is CN(C)c1cccc(-c2c(Cl)nc3sc(N(C)C4CC4)nn23)c1. The molecule has 0 aliphatic heterocycles. The van der Waals surface area contributed by atoms with Gasteiger partial charge in [-0.15, -0.1) is 5.10 Å². The number of aromatic nitrogens is 3. The predicted molar refractivity (Wildman–Crippen MR) is 97.1 cm³/mol. The number of hydrogen-bond acceptors (Lipinski definition) is 5. The Morgan fingerprint density at radius 2 is 2.04 bits per heavy atom. The number of halogens is 1. The van der Waals surface area contributed by atoms with E-state index in [9.17, 15) is 0 Å². The van der Waals surface area contributed by atoms with Crippen molar-refractivity contribution in [2.75, 3.05) is 30.9 Å². The van der Waals surface area contributed by atoms with E-state index in [1.165, 1.54) is 12.8 Å². The van der Waals surface area contributed by atoms with Gasteiger partial charge in [-0.25, -0.2) is 4.98 Å². The zero-order valence-electron chi connectivity index (χ0n) is 13.3. The van der Waals surface area contributed by atoms with Crippen molar-refractivity contribution in [2.45, 2.75) is 18.9 Å². The maximum Gasteiger partial charge on any atom is 0.215 e. The molecule has 0 bridgehead atoms. The van der Waals surface area contributed by atoms with Crippen LogP contribution in [0, 0.1) is 0 Å². The van der Waals surface area contributed by atoms with Crippen LogP contribution in [0.2, 0.25) is 5.15 Å². The molecule has 1 aromatic carbocycles.